The average Bonchev–Trinajstić information content (AvgIpc) is 2.35. The first-order valence-corrected chi connectivity index (χ1v) is 6.28. The molecule has 0 aliphatic carbocycles. The first-order chi connectivity index (χ1) is 8.16. The summed E-state index contributed by atoms with van der Waals surface area (Å²) in [4.78, 5) is 12.1. The second-order valence-electron chi connectivity index (χ2n) is 4.81. The van der Waals surface area contributed by atoms with E-state index < -0.39 is 0 Å². The van der Waals surface area contributed by atoms with Crippen molar-refractivity contribution in [1.82, 2.24) is 5.32 Å². The van der Waals surface area contributed by atoms with Crippen molar-refractivity contribution in [3.63, 3.8) is 0 Å². The van der Waals surface area contributed by atoms with Crippen molar-refractivity contribution in [2.24, 2.45) is 0 Å². The molecule has 3 nitrogen and oxygen atoms in total. The van der Waals surface area contributed by atoms with E-state index in [2.05, 4.69) is 16.7 Å². The zero-order valence-corrected chi connectivity index (χ0v) is 11.8. The minimum atomic E-state index is -0.0244. The number of piperidine rings is 1. The maximum Gasteiger partial charge on any atom is 0.241 e. The molecule has 2 rings (SSSR count). The number of hydrogen-bond donors (Lipinski definition) is 2. The van der Waals surface area contributed by atoms with Crippen molar-refractivity contribution in [3.8, 4) is 0 Å². The van der Waals surface area contributed by atoms with Crippen molar-refractivity contribution >= 4 is 24.0 Å². The maximum absolute atomic E-state index is 12.1. The van der Waals surface area contributed by atoms with Crippen LogP contribution in [0, 0.1) is 13.8 Å². The molecule has 0 spiro atoms. The van der Waals surface area contributed by atoms with E-state index in [9.17, 15) is 4.79 Å². The van der Waals surface area contributed by atoms with Crippen LogP contribution in [0.1, 0.15) is 30.4 Å². The van der Waals surface area contributed by atoms with Crippen LogP contribution in [-0.2, 0) is 4.79 Å². The molecule has 1 aromatic rings. The Morgan fingerprint density at radius 3 is 2.78 bits per heavy atom. The maximum atomic E-state index is 12.1. The van der Waals surface area contributed by atoms with Gasteiger partial charge in [0.1, 0.15) is 0 Å². The highest BCUT2D eigenvalue weighted by Crippen LogP contribution is 2.17. The molecule has 2 N–H and O–H groups in total. The molecular formula is C14H21ClN2O. The number of hydrogen-bond acceptors (Lipinski definition) is 2. The van der Waals surface area contributed by atoms with E-state index >= 15 is 0 Å². The molecule has 4 heteroatoms. The van der Waals surface area contributed by atoms with Crippen molar-refractivity contribution in [2.45, 2.75) is 39.2 Å². The first-order valence-electron chi connectivity index (χ1n) is 6.28. The molecule has 18 heavy (non-hydrogen) atoms. The molecule has 1 heterocycles. The molecule has 1 aromatic carbocycles. The van der Waals surface area contributed by atoms with E-state index in [1.54, 1.807) is 0 Å². The van der Waals surface area contributed by atoms with Crippen molar-refractivity contribution < 1.29 is 4.79 Å². The number of amides is 1. The Balaban J connectivity index is 0.00000162. The van der Waals surface area contributed by atoms with Crippen LogP contribution in [0.4, 0.5) is 5.69 Å². The van der Waals surface area contributed by atoms with E-state index in [1.165, 1.54) is 12.0 Å². The highest BCUT2D eigenvalue weighted by atomic mass is 35.5. The van der Waals surface area contributed by atoms with E-state index in [4.69, 9.17) is 0 Å². The Kier molecular flexibility index (Phi) is 5.63. The highest BCUT2D eigenvalue weighted by Gasteiger charge is 2.20. The predicted molar refractivity (Wildman–Crippen MR) is 77.4 cm³/mol. The van der Waals surface area contributed by atoms with Gasteiger partial charge in [-0.1, -0.05) is 18.6 Å². The summed E-state index contributed by atoms with van der Waals surface area (Å²) in [5.41, 5.74) is 3.21. The fourth-order valence-corrected chi connectivity index (χ4v) is 2.17. The van der Waals surface area contributed by atoms with Crippen molar-refractivity contribution in [2.75, 3.05) is 11.9 Å². The Morgan fingerprint density at radius 2 is 2.11 bits per heavy atom. The third-order valence-corrected chi connectivity index (χ3v) is 3.28. The van der Waals surface area contributed by atoms with Gasteiger partial charge in [0, 0.05) is 5.69 Å². The molecule has 100 valence electrons. The second kappa shape index (κ2) is 6.76. The lowest BCUT2D eigenvalue weighted by atomic mass is 10.0. The monoisotopic (exact) mass is 268 g/mol. The number of carbonyl (C=O) groups is 1. The molecule has 0 aromatic heterocycles. The summed E-state index contributed by atoms with van der Waals surface area (Å²) in [7, 11) is 0. The molecule has 1 saturated heterocycles. The number of nitrogens with one attached hydrogen (secondary N) is 2. The highest BCUT2D eigenvalue weighted by molar-refractivity contribution is 5.95. The summed E-state index contributed by atoms with van der Waals surface area (Å²) in [5, 5.41) is 6.28. The Hall–Kier alpha value is -1.06. The normalized spacial score (nSPS) is 18.9. The van der Waals surface area contributed by atoms with Gasteiger partial charge in [-0.05, 0) is 50.4 Å². The van der Waals surface area contributed by atoms with Crippen LogP contribution in [-0.4, -0.2) is 18.5 Å². The molecule has 1 fully saturated rings. The van der Waals surface area contributed by atoms with E-state index in [0.717, 1.165) is 30.6 Å². The van der Waals surface area contributed by atoms with Crippen LogP contribution in [0.3, 0.4) is 0 Å². The lowest BCUT2D eigenvalue weighted by Crippen LogP contribution is -2.43. The summed E-state index contributed by atoms with van der Waals surface area (Å²) in [6.07, 6.45) is 3.25. The number of benzene rings is 1. The van der Waals surface area contributed by atoms with Crippen LogP contribution >= 0.6 is 12.4 Å². The zero-order chi connectivity index (χ0) is 12.3. The Bertz CT molecular complexity index is 414. The van der Waals surface area contributed by atoms with Gasteiger partial charge in [0.05, 0.1) is 6.04 Å². The van der Waals surface area contributed by atoms with Crippen molar-refractivity contribution in [1.29, 1.82) is 0 Å². The standard InChI is InChI=1S/C14H20N2O.ClH/c1-10-6-7-11(2)13(9-10)16-14(17)12-5-3-4-8-15-12;/h6-7,9,12,15H,3-5,8H2,1-2H3,(H,16,17);1H/t12-;/m0./s1. The van der Waals surface area contributed by atoms with Crippen LogP contribution in [0.15, 0.2) is 18.2 Å². The van der Waals surface area contributed by atoms with Gasteiger partial charge in [-0.25, -0.2) is 0 Å². The number of carbonyl (C=O) groups excluding carboxylic acids is 1. The summed E-state index contributed by atoms with van der Waals surface area (Å²) in [6, 6.07) is 6.10. The fraction of sp³-hybridized carbons (Fsp3) is 0.500. The van der Waals surface area contributed by atoms with Gasteiger partial charge in [-0.3, -0.25) is 4.79 Å². The third kappa shape index (κ3) is 3.72. The largest absolute Gasteiger partial charge is 0.324 e. The number of anilines is 1. The summed E-state index contributed by atoms with van der Waals surface area (Å²) in [5.74, 6) is 0.0957. The lowest BCUT2D eigenvalue weighted by molar-refractivity contribution is -0.118. The average molecular weight is 269 g/mol. The van der Waals surface area contributed by atoms with E-state index in [-0.39, 0.29) is 24.4 Å². The second-order valence-corrected chi connectivity index (χ2v) is 4.81. The molecule has 1 aliphatic rings. The van der Waals surface area contributed by atoms with Gasteiger partial charge in [-0.2, -0.15) is 0 Å². The molecule has 1 aliphatic heterocycles. The van der Waals surface area contributed by atoms with Crippen LogP contribution < -0.4 is 10.6 Å². The number of rotatable bonds is 2. The number of aryl methyl sites for hydroxylation is 2. The number of halogens is 1. The van der Waals surface area contributed by atoms with Crippen LogP contribution in [0.2, 0.25) is 0 Å². The van der Waals surface area contributed by atoms with Gasteiger partial charge in [-0.15, -0.1) is 12.4 Å². The summed E-state index contributed by atoms with van der Waals surface area (Å²) >= 11 is 0. The molecule has 0 unspecified atom stereocenters. The molecule has 0 radical (unpaired) electrons. The van der Waals surface area contributed by atoms with Gasteiger partial charge in [0.2, 0.25) is 5.91 Å². The van der Waals surface area contributed by atoms with Crippen molar-refractivity contribution in [3.05, 3.63) is 29.3 Å². The molecule has 1 atom stereocenters. The fourth-order valence-electron chi connectivity index (χ4n) is 2.17. The van der Waals surface area contributed by atoms with E-state index in [0.29, 0.717) is 0 Å². The van der Waals surface area contributed by atoms with Gasteiger partial charge in [0.15, 0.2) is 0 Å². The summed E-state index contributed by atoms with van der Waals surface area (Å²) in [6.45, 7) is 5.00. The first kappa shape index (κ1) is 15.0. The minimum absolute atomic E-state index is 0. The van der Waals surface area contributed by atoms with Crippen LogP contribution in [0.25, 0.3) is 0 Å². The smallest absolute Gasteiger partial charge is 0.241 e. The minimum Gasteiger partial charge on any atom is -0.324 e. The molecule has 1 amide bonds. The molecular weight excluding hydrogens is 248 g/mol. The van der Waals surface area contributed by atoms with Gasteiger partial charge >= 0.3 is 0 Å². The molecule has 0 bridgehead atoms. The molecule has 0 saturated carbocycles. The van der Waals surface area contributed by atoms with E-state index in [1.807, 2.05) is 26.0 Å². The quantitative estimate of drug-likeness (QED) is 0.866. The lowest BCUT2D eigenvalue weighted by Gasteiger charge is -2.23. The van der Waals surface area contributed by atoms with Gasteiger partial charge in [0.25, 0.3) is 0 Å². The van der Waals surface area contributed by atoms with Gasteiger partial charge < -0.3 is 10.6 Å². The summed E-state index contributed by atoms with van der Waals surface area (Å²) < 4.78 is 0. The van der Waals surface area contributed by atoms with Crippen LogP contribution in [0.5, 0.6) is 0 Å². The predicted octanol–water partition coefficient (Wildman–Crippen LogP) is 2.81. The zero-order valence-electron chi connectivity index (χ0n) is 11.0. The SMILES string of the molecule is Cc1ccc(C)c(NC(=O)[C@@H]2CCCCN2)c1.Cl. The Morgan fingerprint density at radius 1 is 1.33 bits per heavy atom. The third-order valence-electron chi connectivity index (χ3n) is 3.28. The topological polar surface area (TPSA) is 41.1 Å². The Labute approximate surface area is 115 Å².